The van der Waals surface area contributed by atoms with Crippen molar-refractivity contribution in [2.45, 2.75) is 6.54 Å². The van der Waals surface area contributed by atoms with Crippen LogP contribution in [0.1, 0.15) is 5.56 Å². The van der Waals surface area contributed by atoms with Crippen LogP contribution >= 0.6 is 0 Å². The molecule has 0 fully saturated rings. The van der Waals surface area contributed by atoms with E-state index in [-0.39, 0.29) is 5.69 Å². The highest BCUT2D eigenvalue weighted by Crippen LogP contribution is 2.19. The summed E-state index contributed by atoms with van der Waals surface area (Å²) in [6, 6.07) is 4.64. The monoisotopic (exact) mass is 221 g/mol. The van der Waals surface area contributed by atoms with Gasteiger partial charge in [-0.1, -0.05) is 6.08 Å². The summed E-state index contributed by atoms with van der Waals surface area (Å²) in [4.78, 5) is 12.2. The van der Waals surface area contributed by atoms with E-state index in [2.05, 4.69) is 6.58 Å². The normalized spacial score (nSPS) is 10.4. The molecule has 0 heterocycles. The third-order valence-electron chi connectivity index (χ3n) is 2.10. The first-order valence-corrected chi connectivity index (χ1v) is 4.86. The Labute approximate surface area is 94.3 Å². The van der Waals surface area contributed by atoms with Gasteiger partial charge in [0, 0.05) is 30.9 Å². The Morgan fingerprint density at radius 1 is 1.56 bits per heavy atom. The van der Waals surface area contributed by atoms with Gasteiger partial charge in [-0.05, 0) is 18.7 Å². The number of nitro groups is 1. The number of benzene rings is 1. The molecule has 0 unspecified atom stereocenters. The van der Waals surface area contributed by atoms with Crippen LogP contribution < -0.4 is 5.73 Å². The van der Waals surface area contributed by atoms with Gasteiger partial charge in [-0.2, -0.15) is 0 Å². The highest BCUT2D eigenvalue weighted by atomic mass is 16.6. The third kappa shape index (κ3) is 3.36. The number of rotatable bonds is 5. The van der Waals surface area contributed by atoms with Gasteiger partial charge in [0.25, 0.3) is 5.69 Å². The van der Waals surface area contributed by atoms with E-state index in [1.165, 1.54) is 12.1 Å². The molecule has 0 saturated heterocycles. The van der Waals surface area contributed by atoms with Crippen LogP contribution in [-0.4, -0.2) is 23.4 Å². The molecule has 0 aliphatic heterocycles. The molecule has 0 spiro atoms. The van der Waals surface area contributed by atoms with Crippen molar-refractivity contribution in [3.8, 4) is 0 Å². The predicted molar refractivity (Wildman–Crippen MR) is 64.0 cm³/mol. The Morgan fingerprint density at radius 2 is 2.25 bits per heavy atom. The minimum Gasteiger partial charge on any atom is -0.399 e. The van der Waals surface area contributed by atoms with Crippen molar-refractivity contribution in [3.63, 3.8) is 0 Å². The Balaban J connectivity index is 2.87. The third-order valence-corrected chi connectivity index (χ3v) is 2.10. The molecule has 2 N–H and O–H groups in total. The van der Waals surface area contributed by atoms with Gasteiger partial charge in [0.15, 0.2) is 0 Å². The van der Waals surface area contributed by atoms with Crippen LogP contribution in [0.15, 0.2) is 30.9 Å². The molecule has 5 nitrogen and oxygen atoms in total. The second-order valence-electron chi connectivity index (χ2n) is 3.68. The average Bonchev–Trinajstić information content (AvgIpc) is 2.16. The number of likely N-dealkylation sites (N-methyl/N-ethyl adjacent to an activating group) is 1. The van der Waals surface area contributed by atoms with Crippen molar-refractivity contribution in [1.29, 1.82) is 0 Å². The van der Waals surface area contributed by atoms with Gasteiger partial charge >= 0.3 is 0 Å². The lowest BCUT2D eigenvalue weighted by Gasteiger charge is -2.14. The summed E-state index contributed by atoms with van der Waals surface area (Å²) in [6.07, 6.45) is 1.78. The molecular weight excluding hydrogens is 206 g/mol. The fourth-order valence-corrected chi connectivity index (χ4v) is 1.49. The molecule has 0 aliphatic rings. The maximum absolute atomic E-state index is 10.6. The number of nitrogens with zero attached hydrogens (tertiary/aromatic N) is 2. The molecule has 0 atom stereocenters. The number of nitro benzene ring substituents is 1. The van der Waals surface area contributed by atoms with Gasteiger partial charge in [0.1, 0.15) is 0 Å². The molecule has 0 radical (unpaired) electrons. The lowest BCUT2D eigenvalue weighted by molar-refractivity contribution is -0.384. The zero-order valence-electron chi connectivity index (χ0n) is 9.22. The zero-order valence-corrected chi connectivity index (χ0v) is 9.22. The standard InChI is InChI=1S/C11H15N3O2/c1-3-4-13(2)8-9-5-10(12)7-11(6-9)14(15)16/h3,5-7H,1,4,8,12H2,2H3. The Morgan fingerprint density at radius 3 is 2.81 bits per heavy atom. The molecule has 1 aromatic carbocycles. The number of hydrogen-bond donors (Lipinski definition) is 1. The lowest BCUT2D eigenvalue weighted by Crippen LogP contribution is -2.17. The van der Waals surface area contributed by atoms with E-state index in [1.807, 2.05) is 11.9 Å². The van der Waals surface area contributed by atoms with Crippen LogP contribution in [0.2, 0.25) is 0 Å². The van der Waals surface area contributed by atoms with E-state index < -0.39 is 4.92 Å². The average molecular weight is 221 g/mol. The second kappa shape index (κ2) is 5.27. The van der Waals surface area contributed by atoms with Gasteiger partial charge in [0.2, 0.25) is 0 Å². The molecular formula is C11H15N3O2. The molecule has 0 aromatic heterocycles. The fourth-order valence-electron chi connectivity index (χ4n) is 1.49. The number of hydrogen-bond acceptors (Lipinski definition) is 4. The first kappa shape index (κ1) is 12.2. The van der Waals surface area contributed by atoms with E-state index >= 15 is 0 Å². The molecule has 0 aliphatic carbocycles. The van der Waals surface area contributed by atoms with E-state index in [0.717, 1.165) is 12.1 Å². The molecule has 0 saturated carbocycles. The van der Waals surface area contributed by atoms with Crippen LogP contribution in [0.4, 0.5) is 11.4 Å². The molecule has 16 heavy (non-hydrogen) atoms. The van der Waals surface area contributed by atoms with Crippen molar-refractivity contribution in [1.82, 2.24) is 4.90 Å². The maximum Gasteiger partial charge on any atom is 0.271 e. The summed E-state index contributed by atoms with van der Waals surface area (Å²) in [6.45, 7) is 4.96. The van der Waals surface area contributed by atoms with Crippen molar-refractivity contribution >= 4 is 11.4 Å². The quantitative estimate of drug-likeness (QED) is 0.356. The summed E-state index contributed by atoms with van der Waals surface area (Å²) in [5.41, 5.74) is 6.88. The van der Waals surface area contributed by atoms with Crippen molar-refractivity contribution in [3.05, 3.63) is 46.5 Å². The van der Waals surface area contributed by atoms with E-state index in [1.54, 1.807) is 12.1 Å². The summed E-state index contributed by atoms with van der Waals surface area (Å²) in [7, 11) is 1.91. The fraction of sp³-hybridized carbons (Fsp3) is 0.273. The Hall–Kier alpha value is -1.88. The van der Waals surface area contributed by atoms with Crippen LogP contribution in [0.5, 0.6) is 0 Å². The smallest absolute Gasteiger partial charge is 0.271 e. The molecule has 0 bridgehead atoms. The summed E-state index contributed by atoms with van der Waals surface area (Å²) in [5.74, 6) is 0. The molecule has 0 amide bonds. The van der Waals surface area contributed by atoms with Gasteiger partial charge < -0.3 is 5.73 Å². The van der Waals surface area contributed by atoms with Gasteiger partial charge in [-0.15, -0.1) is 6.58 Å². The van der Waals surface area contributed by atoms with E-state index in [4.69, 9.17) is 5.73 Å². The Bertz CT molecular complexity index is 404. The highest BCUT2D eigenvalue weighted by molar-refractivity contribution is 5.50. The van der Waals surface area contributed by atoms with Crippen LogP contribution in [0, 0.1) is 10.1 Å². The lowest BCUT2D eigenvalue weighted by atomic mass is 10.1. The first-order chi connectivity index (χ1) is 7.52. The van der Waals surface area contributed by atoms with Crippen molar-refractivity contribution in [2.75, 3.05) is 19.3 Å². The Kier molecular flexibility index (Phi) is 4.02. The number of nitrogen functional groups attached to an aromatic ring is 1. The highest BCUT2D eigenvalue weighted by Gasteiger charge is 2.09. The van der Waals surface area contributed by atoms with Crippen molar-refractivity contribution < 1.29 is 4.92 Å². The molecule has 86 valence electrons. The first-order valence-electron chi connectivity index (χ1n) is 4.86. The summed E-state index contributed by atoms with van der Waals surface area (Å²) < 4.78 is 0. The number of anilines is 1. The van der Waals surface area contributed by atoms with Gasteiger partial charge in [0.05, 0.1) is 4.92 Å². The van der Waals surface area contributed by atoms with E-state index in [9.17, 15) is 10.1 Å². The predicted octanol–water partition coefficient (Wildman–Crippen LogP) is 1.79. The van der Waals surface area contributed by atoms with Gasteiger partial charge in [-0.3, -0.25) is 15.0 Å². The topological polar surface area (TPSA) is 72.4 Å². The van der Waals surface area contributed by atoms with Crippen LogP contribution in [0.25, 0.3) is 0 Å². The number of nitrogens with two attached hydrogens (primary N) is 1. The zero-order chi connectivity index (χ0) is 12.1. The summed E-state index contributed by atoms with van der Waals surface area (Å²) >= 11 is 0. The van der Waals surface area contributed by atoms with Crippen LogP contribution in [-0.2, 0) is 6.54 Å². The molecule has 1 rings (SSSR count). The summed E-state index contributed by atoms with van der Waals surface area (Å²) in [5, 5.41) is 10.6. The van der Waals surface area contributed by atoms with Gasteiger partial charge in [-0.25, -0.2) is 0 Å². The minimum absolute atomic E-state index is 0.0296. The van der Waals surface area contributed by atoms with E-state index in [0.29, 0.717) is 12.2 Å². The second-order valence-corrected chi connectivity index (χ2v) is 3.68. The SMILES string of the molecule is C=CCN(C)Cc1cc(N)cc([N+](=O)[O-])c1. The molecule has 1 aromatic rings. The number of non-ortho nitro benzene ring substituents is 1. The minimum atomic E-state index is -0.437. The van der Waals surface area contributed by atoms with Crippen molar-refractivity contribution in [2.24, 2.45) is 0 Å². The maximum atomic E-state index is 10.6. The largest absolute Gasteiger partial charge is 0.399 e. The molecule has 5 heteroatoms. The van der Waals surface area contributed by atoms with Crippen LogP contribution in [0.3, 0.4) is 0 Å².